The summed E-state index contributed by atoms with van der Waals surface area (Å²) in [6.45, 7) is 7.46. The topological polar surface area (TPSA) is 66.8 Å². The van der Waals surface area contributed by atoms with Crippen molar-refractivity contribution in [3.63, 3.8) is 0 Å². The fourth-order valence-electron chi connectivity index (χ4n) is 4.20. The molecule has 0 aliphatic heterocycles. The molecule has 30 heavy (non-hydrogen) atoms. The first-order chi connectivity index (χ1) is 14.2. The molecule has 0 radical (unpaired) electrons. The molecule has 1 saturated carbocycles. The SMILES string of the molecule is CC(C)(C)CCCCCCc1cc(O)c(O)c(CCCCCCC2(OC=O)CC2)c1. The number of phenolic OH excluding ortho intramolecular Hbond substituents is 2. The molecule has 2 rings (SSSR count). The molecule has 0 heterocycles. The van der Waals surface area contributed by atoms with E-state index in [0.29, 0.717) is 11.9 Å². The molecule has 2 N–H and O–H groups in total. The van der Waals surface area contributed by atoms with E-state index in [0.717, 1.165) is 75.3 Å². The van der Waals surface area contributed by atoms with Crippen LogP contribution >= 0.6 is 0 Å². The van der Waals surface area contributed by atoms with E-state index < -0.39 is 0 Å². The highest BCUT2D eigenvalue weighted by Crippen LogP contribution is 2.43. The highest BCUT2D eigenvalue weighted by Gasteiger charge is 2.44. The van der Waals surface area contributed by atoms with Gasteiger partial charge in [0.25, 0.3) is 6.47 Å². The summed E-state index contributed by atoms with van der Waals surface area (Å²) in [6, 6.07) is 3.79. The van der Waals surface area contributed by atoms with E-state index in [1.165, 1.54) is 25.7 Å². The number of rotatable bonds is 15. The molecule has 0 saturated heterocycles. The molecule has 0 unspecified atom stereocenters. The maximum atomic E-state index is 10.5. The van der Waals surface area contributed by atoms with Gasteiger partial charge in [-0.05, 0) is 80.4 Å². The quantitative estimate of drug-likeness (QED) is 0.186. The monoisotopic (exact) mass is 418 g/mol. The number of phenols is 2. The zero-order valence-electron chi connectivity index (χ0n) is 19.3. The van der Waals surface area contributed by atoms with Gasteiger partial charge in [-0.25, -0.2) is 0 Å². The number of hydrogen-bond acceptors (Lipinski definition) is 4. The lowest BCUT2D eigenvalue weighted by Gasteiger charge is -2.17. The van der Waals surface area contributed by atoms with Crippen LogP contribution < -0.4 is 0 Å². The van der Waals surface area contributed by atoms with Crippen molar-refractivity contribution in [2.24, 2.45) is 5.41 Å². The molecule has 1 aliphatic carbocycles. The molecular weight excluding hydrogens is 376 g/mol. The first-order valence-electron chi connectivity index (χ1n) is 11.9. The van der Waals surface area contributed by atoms with Crippen LogP contribution in [0.2, 0.25) is 0 Å². The molecule has 0 atom stereocenters. The third-order valence-electron chi connectivity index (χ3n) is 6.31. The Balaban J connectivity index is 1.66. The van der Waals surface area contributed by atoms with Crippen LogP contribution in [0, 0.1) is 5.41 Å². The highest BCUT2D eigenvalue weighted by molar-refractivity contribution is 5.47. The Morgan fingerprint density at radius 1 is 0.933 bits per heavy atom. The van der Waals surface area contributed by atoms with Gasteiger partial charge in [-0.15, -0.1) is 0 Å². The van der Waals surface area contributed by atoms with Crippen molar-refractivity contribution in [2.75, 3.05) is 0 Å². The lowest BCUT2D eigenvalue weighted by Crippen LogP contribution is -2.12. The molecule has 1 aliphatic rings. The largest absolute Gasteiger partial charge is 0.504 e. The lowest BCUT2D eigenvalue weighted by atomic mass is 9.89. The van der Waals surface area contributed by atoms with Crippen LogP contribution in [0.25, 0.3) is 0 Å². The predicted octanol–water partition coefficient (Wildman–Crippen LogP) is 6.84. The second kappa shape index (κ2) is 11.6. The maximum Gasteiger partial charge on any atom is 0.293 e. The van der Waals surface area contributed by atoms with Crippen LogP contribution in [-0.2, 0) is 22.4 Å². The fraction of sp³-hybridized carbons (Fsp3) is 0.731. The standard InChI is InChI=1S/C26H42O4/c1-25(2,3)14-10-6-4-8-12-21-18-22(24(29)23(28)19-21)13-9-5-7-11-15-26(16-17-26)30-20-27/h18-20,28-29H,4-17H2,1-3H3. The van der Waals surface area contributed by atoms with E-state index in [1.807, 2.05) is 0 Å². The normalized spacial score (nSPS) is 15.2. The van der Waals surface area contributed by atoms with Crippen molar-refractivity contribution >= 4 is 6.47 Å². The van der Waals surface area contributed by atoms with Crippen LogP contribution in [0.15, 0.2) is 12.1 Å². The summed E-state index contributed by atoms with van der Waals surface area (Å²) in [6.07, 6.45) is 15.1. The number of unbranched alkanes of at least 4 members (excludes halogenated alkanes) is 6. The molecule has 0 aromatic heterocycles. The summed E-state index contributed by atoms with van der Waals surface area (Å²) in [5.74, 6) is 0.0529. The fourth-order valence-corrected chi connectivity index (χ4v) is 4.20. The van der Waals surface area contributed by atoms with Crippen LogP contribution in [0.1, 0.15) is 109 Å². The Labute approximate surface area is 183 Å². The molecule has 4 nitrogen and oxygen atoms in total. The minimum Gasteiger partial charge on any atom is -0.504 e. The average molecular weight is 419 g/mol. The Morgan fingerprint density at radius 2 is 1.57 bits per heavy atom. The minimum absolute atomic E-state index is 0.0110. The molecule has 0 spiro atoms. The summed E-state index contributed by atoms with van der Waals surface area (Å²) >= 11 is 0. The number of benzene rings is 1. The molecule has 1 fully saturated rings. The van der Waals surface area contributed by atoms with Gasteiger partial charge >= 0.3 is 0 Å². The third-order valence-corrected chi connectivity index (χ3v) is 6.31. The Kier molecular flexibility index (Phi) is 9.51. The van der Waals surface area contributed by atoms with Crippen molar-refractivity contribution in [1.29, 1.82) is 0 Å². The minimum atomic E-state index is -0.146. The average Bonchev–Trinajstić information content (AvgIpc) is 3.43. The summed E-state index contributed by atoms with van der Waals surface area (Å²) in [4.78, 5) is 10.5. The van der Waals surface area contributed by atoms with E-state index >= 15 is 0 Å². The van der Waals surface area contributed by atoms with Gasteiger partial charge in [-0.2, -0.15) is 0 Å². The molecule has 0 amide bonds. The van der Waals surface area contributed by atoms with E-state index in [1.54, 1.807) is 6.07 Å². The van der Waals surface area contributed by atoms with E-state index in [9.17, 15) is 15.0 Å². The number of aryl methyl sites for hydroxylation is 2. The number of carbonyl (C=O) groups excluding carboxylic acids is 1. The predicted molar refractivity (Wildman–Crippen MR) is 122 cm³/mol. The van der Waals surface area contributed by atoms with Gasteiger partial charge in [0, 0.05) is 0 Å². The molecule has 170 valence electrons. The van der Waals surface area contributed by atoms with Gasteiger partial charge in [0.1, 0.15) is 5.60 Å². The molecule has 0 bridgehead atoms. The first kappa shape index (κ1) is 24.6. The first-order valence-corrected chi connectivity index (χ1v) is 11.9. The van der Waals surface area contributed by atoms with E-state index in [2.05, 4.69) is 26.8 Å². The third kappa shape index (κ3) is 8.97. The van der Waals surface area contributed by atoms with Crippen LogP contribution in [0.5, 0.6) is 11.5 Å². The highest BCUT2D eigenvalue weighted by atomic mass is 16.5. The second-order valence-corrected chi connectivity index (χ2v) is 10.4. The Morgan fingerprint density at radius 3 is 2.20 bits per heavy atom. The maximum absolute atomic E-state index is 10.5. The smallest absolute Gasteiger partial charge is 0.293 e. The summed E-state index contributed by atoms with van der Waals surface area (Å²) in [5.41, 5.74) is 2.26. The van der Waals surface area contributed by atoms with Crippen LogP contribution in [-0.4, -0.2) is 22.3 Å². The second-order valence-electron chi connectivity index (χ2n) is 10.4. The molecular formula is C26H42O4. The van der Waals surface area contributed by atoms with Gasteiger partial charge in [0.2, 0.25) is 0 Å². The Hall–Kier alpha value is -1.71. The van der Waals surface area contributed by atoms with Crippen molar-refractivity contribution < 1.29 is 19.7 Å². The molecule has 1 aromatic rings. The van der Waals surface area contributed by atoms with E-state index in [-0.39, 0.29) is 17.1 Å². The van der Waals surface area contributed by atoms with Crippen molar-refractivity contribution in [2.45, 2.75) is 116 Å². The van der Waals surface area contributed by atoms with Gasteiger partial charge in [-0.1, -0.05) is 58.9 Å². The number of ether oxygens (including phenoxy) is 1. The van der Waals surface area contributed by atoms with Gasteiger partial charge in [0.05, 0.1) is 0 Å². The zero-order chi connectivity index (χ0) is 22.0. The van der Waals surface area contributed by atoms with Gasteiger partial charge in [-0.3, -0.25) is 4.79 Å². The van der Waals surface area contributed by atoms with E-state index in [4.69, 9.17) is 4.74 Å². The molecule has 4 heteroatoms. The Bertz CT molecular complexity index is 656. The van der Waals surface area contributed by atoms with Crippen molar-refractivity contribution in [1.82, 2.24) is 0 Å². The van der Waals surface area contributed by atoms with Crippen LogP contribution in [0.3, 0.4) is 0 Å². The van der Waals surface area contributed by atoms with Crippen molar-refractivity contribution in [3.05, 3.63) is 23.3 Å². The van der Waals surface area contributed by atoms with Crippen LogP contribution in [0.4, 0.5) is 0 Å². The number of aromatic hydroxyl groups is 2. The van der Waals surface area contributed by atoms with Gasteiger partial charge in [0.15, 0.2) is 11.5 Å². The number of hydrogen-bond donors (Lipinski definition) is 2. The summed E-state index contributed by atoms with van der Waals surface area (Å²) < 4.78 is 5.19. The zero-order valence-corrected chi connectivity index (χ0v) is 19.3. The molecule has 1 aromatic carbocycles. The lowest BCUT2D eigenvalue weighted by molar-refractivity contribution is -0.135. The summed E-state index contributed by atoms with van der Waals surface area (Å²) in [5, 5.41) is 20.3. The summed E-state index contributed by atoms with van der Waals surface area (Å²) in [7, 11) is 0. The number of carbonyl (C=O) groups is 1. The van der Waals surface area contributed by atoms with Gasteiger partial charge < -0.3 is 14.9 Å². The van der Waals surface area contributed by atoms with Crippen molar-refractivity contribution in [3.8, 4) is 11.5 Å².